The molecule has 1 aliphatic rings. The summed E-state index contributed by atoms with van der Waals surface area (Å²) in [5, 5.41) is 5.13. The summed E-state index contributed by atoms with van der Waals surface area (Å²) in [5.41, 5.74) is 0.689. The predicted molar refractivity (Wildman–Crippen MR) is 85.7 cm³/mol. The second-order valence-electron chi connectivity index (χ2n) is 6.33. The molecule has 20 heavy (non-hydrogen) atoms. The van der Waals surface area contributed by atoms with Crippen LogP contribution in [0.3, 0.4) is 0 Å². The van der Waals surface area contributed by atoms with Gasteiger partial charge in [0.15, 0.2) is 0 Å². The first-order valence-corrected chi connectivity index (χ1v) is 9.04. The van der Waals surface area contributed by atoms with Crippen LogP contribution in [-0.2, 0) is 5.41 Å². The highest BCUT2D eigenvalue weighted by molar-refractivity contribution is 9.09. The highest BCUT2D eigenvalue weighted by Crippen LogP contribution is 2.29. The lowest BCUT2D eigenvalue weighted by Gasteiger charge is -2.35. The lowest BCUT2D eigenvalue weighted by Crippen LogP contribution is -2.44. The molecule has 112 valence electrons. The third-order valence-corrected chi connectivity index (χ3v) is 4.89. The van der Waals surface area contributed by atoms with Gasteiger partial charge >= 0.3 is 0 Å². The first-order chi connectivity index (χ1) is 9.45. The van der Waals surface area contributed by atoms with Crippen LogP contribution in [0.5, 0.6) is 0 Å². The Morgan fingerprint density at radius 3 is 2.85 bits per heavy atom. The van der Waals surface area contributed by atoms with Crippen molar-refractivity contribution in [2.45, 2.75) is 57.9 Å². The van der Waals surface area contributed by atoms with Gasteiger partial charge in [0.05, 0.1) is 5.69 Å². The van der Waals surface area contributed by atoms with Crippen LogP contribution in [0.15, 0.2) is 0 Å². The van der Waals surface area contributed by atoms with Crippen molar-refractivity contribution in [3.63, 3.8) is 0 Å². The number of carbonyl (C=O) groups excluding carboxylic acids is 1. The van der Waals surface area contributed by atoms with Gasteiger partial charge in [-0.1, -0.05) is 41.2 Å². The Labute approximate surface area is 133 Å². The second-order valence-corrected chi connectivity index (χ2v) is 7.87. The van der Waals surface area contributed by atoms with Crippen molar-refractivity contribution >= 4 is 33.4 Å². The van der Waals surface area contributed by atoms with Gasteiger partial charge in [-0.05, 0) is 37.2 Å². The largest absolute Gasteiger partial charge is 0.335 e. The third-order valence-electron chi connectivity index (χ3n) is 3.72. The summed E-state index contributed by atoms with van der Waals surface area (Å²) in [5.74, 6) is 0.121. The van der Waals surface area contributed by atoms with Gasteiger partial charge in [0, 0.05) is 23.3 Å². The second kappa shape index (κ2) is 6.52. The number of amides is 1. The maximum atomic E-state index is 12.9. The lowest BCUT2D eigenvalue weighted by atomic mass is 9.91. The molecule has 0 aromatic carbocycles. The standard InChI is InChI=1S/C14H22BrN3OS/c1-14(2,3)12-11(20-17-16-12)13(19)18-9-5-4-6-10(18)7-8-15/h10H,4-9H2,1-3H3. The van der Waals surface area contributed by atoms with Gasteiger partial charge < -0.3 is 4.90 Å². The van der Waals surface area contributed by atoms with E-state index in [0.29, 0.717) is 6.04 Å². The monoisotopic (exact) mass is 359 g/mol. The van der Waals surface area contributed by atoms with Crippen LogP contribution in [0, 0.1) is 0 Å². The topological polar surface area (TPSA) is 46.1 Å². The maximum Gasteiger partial charge on any atom is 0.267 e. The molecule has 1 aromatic heterocycles. The van der Waals surface area contributed by atoms with Crippen LogP contribution in [-0.4, -0.2) is 38.3 Å². The number of nitrogens with zero attached hydrogens (tertiary/aromatic N) is 3. The van der Waals surface area contributed by atoms with Crippen molar-refractivity contribution in [2.24, 2.45) is 0 Å². The number of aromatic nitrogens is 2. The van der Waals surface area contributed by atoms with Gasteiger partial charge in [-0.25, -0.2) is 0 Å². The zero-order valence-corrected chi connectivity index (χ0v) is 14.8. The molecule has 4 nitrogen and oxygen atoms in total. The molecule has 1 saturated heterocycles. The molecule has 2 rings (SSSR count). The van der Waals surface area contributed by atoms with Gasteiger partial charge in [0.25, 0.3) is 5.91 Å². The molecule has 1 atom stereocenters. The van der Waals surface area contributed by atoms with E-state index < -0.39 is 0 Å². The summed E-state index contributed by atoms with van der Waals surface area (Å²) >= 11 is 4.73. The van der Waals surface area contributed by atoms with Crippen molar-refractivity contribution in [3.05, 3.63) is 10.6 Å². The van der Waals surface area contributed by atoms with Gasteiger partial charge in [-0.2, -0.15) is 0 Å². The maximum absolute atomic E-state index is 12.9. The molecule has 1 fully saturated rings. The lowest BCUT2D eigenvalue weighted by molar-refractivity contribution is 0.0612. The Balaban J connectivity index is 2.24. The fourth-order valence-corrected chi connectivity index (χ4v) is 4.01. The van der Waals surface area contributed by atoms with Crippen LogP contribution < -0.4 is 0 Å². The van der Waals surface area contributed by atoms with Crippen molar-refractivity contribution < 1.29 is 4.79 Å². The van der Waals surface area contributed by atoms with E-state index in [0.717, 1.165) is 41.7 Å². The molecule has 6 heteroatoms. The van der Waals surface area contributed by atoms with Crippen molar-refractivity contribution in [2.75, 3.05) is 11.9 Å². The molecular weight excluding hydrogens is 338 g/mol. The van der Waals surface area contributed by atoms with Crippen LogP contribution in [0.25, 0.3) is 0 Å². The van der Waals surface area contributed by atoms with Crippen LogP contribution in [0.2, 0.25) is 0 Å². The number of halogens is 1. The van der Waals surface area contributed by atoms with E-state index in [4.69, 9.17) is 0 Å². The van der Waals surface area contributed by atoms with Crippen LogP contribution in [0.1, 0.15) is 61.8 Å². The number of likely N-dealkylation sites (tertiary alicyclic amines) is 1. The molecule has 0 bridgehead atoms. The van der Waals surface area contributed by atoms with Crippen LogP contribution in [0.4, 0.5) is 0 Å². The summed E-state index contributed by atoms with van der Waals surface area (Å²) in [6.45, 7) is 7.09. The summed E-state index contributed by atoms with van der Waals surface area (Å²) < 4.78 is 4.01. The molecule has 0 aliphatic carbocycles. The normalized spacial score (nSPS) is 20.2. The Bertz CT molecular complexity index is 467. The number of rotatable bonds is 3. The summed E-state index contributed by atoms with van der Waals surface area (Å²) in [6, 6.07) is 0.352. The SMILES string of the molecule is CC(C)(C)c1nnsc1C(=O)N1CCCCC1CCBr. The quantitative estimate of drug-likeness (QED) is 0.774. The van der Waals surface area contributed by atoms with E-state index in [2.05, 4.69) is 46.3 Å². The molecule has 0 radical (unpaired) electrons. The Morgan fingerprint density at radius 1 is 1.45 bits per heavy atom. The van der Waals surface area contributed by atoms with Crippen molar-refractivity contribution in [1.29, 1.82) is 0 Å². The van der Waals surface area contributed by atoms with Gasteiger partial charge in [0.1, 0.15) is 4.88 Å². The minimum atomic E-state index is -0.140. The smallest absolute Gasteiger partial charge is 0.267 e. The first-order valence-electron chi connectivity index (χ1n) is 7.15. The predicted octanol–water partition coefficient (Wildman–Crippen LogP) is 3.62. The fraction of sp³-hybridized carbons (Fsp3) is 0.786. The van der Waals surface area contributed by atoms with E-state index in [1.54, 1.807) is 0 Å². The molecule has 0 spiro atoms. The number of carbonyl (C=O) groups is 1. The molecule has 1 aliphatic heterocycles. The first kappa shape index (κ1) is 15.9. The van der Waals surface area contributed by atoms with Crippen molar-refractivity contribution in [3.8, 4) is 0 Å². The molecule has 1 unspecified atom stereocenters. The molecule has 2 heterocycles. The third kappa shape index (κ3) is 3.39. The fourth-order valence-electron chi connectivity index (χ4n) is 2.65. The Kier molecular flexibility index (Phi) is 5.18. The molecule has 1 aromatic rings. The average molecular weight is 360 g/mol. The Morgan fingerprint density at radius 2 is 2.20 bits per heavy atom. The molecular formula is C14H22BrN3OS. The highest BCUT2D eigenvalue weighted by Gasteiger charge is 2.33. The van der Waals surface area contributed by atoms with Crippen molar-refractivity contribution in [1.82, 2.24) is 14.5 Å². The minimum Gasteiger partial charge on any atom is -0.335 e. The summed E-state index contributed by atoms with van der Waals surface area (Å²) in [7, 11) is 0. The van der Waals surface area contributed by atoms with E-state index >= 15 is 0 Å². The number of piperidine rings is 1. The van der Waals surface area contributed by atoms with Gasteiger partial charge in [-0.3, -0.25) is 4.79 Å². The number of hydrogen-bond acceptors (Lipinski definition) is 4. The molecule has 0 N–H and O–H groups in total. The van der Waals surface area contributed by atoms with Gasteiger partial charge in [0.2, 0.25) is 0 Å². The average Bonchev–Trinajstić information content (AvgIpc) is 2.88. The van der Waals surface area contributed by atoms with E-state index in [1.165, 1.54) is 18.0 Å². The molecule has 0 saturated carbocycles. The number of hydrogen-bond donors (Lipinski definition) is 0. The number of alkyl halides is 1. The van der Waals surface area contributed by atoms with E-state index in [9.17, 15) is 4.79 Å². The zero-order chi connectivity index (χ0) is 14.8. The molecule has 1 amide bonds. The van der Waals surface area contributed by atoms with E-state index in [1.807, 2.05) is 4.90 Å². The van der Waals surface area contributed by atoms with E-state index in [-0.39, 0.29) is 11.3 Å². The van der Waals surface area contributed by atoms with Crippen LogP contribution >= 0.6 is 27.5 Å². The zero-order valence-electron chi connectivity index (χ0n) is 12.4. The highest BCUT2D eigenvalue weighted by atomic mass is 79.9. The Hall–Kier alpha value is -0.490. The summed E-state index contributed by atoms with van der Waals surface area (Å²) in [4.78, 5) is 15.6. The van der Waals surface area contributed by atoms with Gasteiger partial charge in [-0.15, -0.1) is 5.10 Å². The minimum absolute atomic E-state index is 0.121. The summed E-state index contributed by atoms with van der Waals surface area (Å²) in [6.07, 6.45) is 4.44.